The zero-order valence-electron chi connectivity index (χ0n) is 4.90. The highest BCUT2D eigenvalue weighted by Crippen LogP contribution is 2.07. The Morgan fingerprint density at radius 2 is 2.20 bits per heavy atom. The van der Waals surface area contributed by atoms with Crippen LogP contribution in [0.2, 0.25) is 0 Å². The first-order valence-corrected chi connectivity index (χ1v) is 2.56. The first-order valence-electron chi connectivity index (χ1n) is 2.56. The molecule has 0 atom stereocenters. The molecule has 0 aliphatic heterocycles. The normalized spacial score (nSPS) is 9.40. The van der Waals surface area contributed by atoms with Gasteiger partial charge in [0.2, 0.25) is 0 Å². The monoisotopic (exact) mass is 141 g/mol. The summed E-state index contributed by atoms with van der Waals surface area (Å²) in [6, 6.07) is 4.29. The fourth-order valence-corrected chi connectivity index (χ4v) is 0.559. The molecule has 1 aromatic carbocycles. The quantitative estimate of drug-likeness (QED) is 0.542. The third kappa shape index (κ3) is 1.03. The molecule has 0 unspecified atom stereocenters. The summed E-state index contributed by atoms with van der Waals surface area (Å²) in [6.07, 6.45) is 0.256. The summed E-state index contributed by atoms with van der Waals surface area (Å²) in [4.78, 5) is 9.96. The maximum Gasteiger partial charge on any atom is 0.169 e. The number of hydrogen-bond acceptors (Lipinski definition) is 1. The van der Waals surface area contributed by atoms with Crippen molar-refractivity contribution in [3.63, 3.8) is 0 Å². The fourth-order valence-electron chi connectivity index (χ4n) is 0.559. The first-order chi connectivity index (χ1) is 4.75. The van der Waals surface area contributed by atoms with Gasteiger partial charge in [0.15, 0.2) is 17.9 Å². The lowest BCUT2D eigenvalue weighted by Gasteiger charge is -1.92. The molecule has 1 nitrogen and oxygen atoms in total. The van der Waals surface area contributed by atoms with Gasteiger partial charge in [-0.25, -0.2) is 8.78 Å². The van der Waals surface area contributed by atoms with Gasteiger partial charge in [0.1, 0.15) is 0 Å². The van der Waals surface area contributed by atoms with Gasteiger partial charge < -0.3 is 0 Å². The maximum atomic E-state index is 12.4. The Kier molecular flexibility index (Phi) is 1.76. The topological polar surface area (TPSA) is 17.1 Å². The Bertz CT molecular complexity index is 258. The van der Waals surface area contributed by atoms with Crippen LogP contribution in [0.4, 0.5) is 8.78 Å². The molecule has 1 rings (SSSR count). The summed E-state index contributed by atoms with van der Waals surface area (Å²) in [6.45, 7) is 0. The van der Waals surface area contributed by atoms with Gasteiger partial charge in [0.05, 0.1) is 5.56 Å². The summed E-state index contributed by atoms with van der Waals surface area (Å²) in [5.41, 5.74) is -0.281. The zero-order valence-corrected chi connectivity index (χ0v) is 4.90. The van der Waals surface area contributed by atoms with E-state index in [1.54, 1.807) is 0 Å². The summed E-state index contributed by atoms with van der Waals surface area (Å²) in [5, 5.41) is 0. The molecule has 51 valence electrons. The number of hydrogen-bond donors (Lipinski definition) is 0. The molecule has 0 aromatic heterocycles. The highest BCUT2D eigenvalue weighted by atomic mass is 19.2. The lowest BCUT2D eigenvalue weighted by Crippen LogP contribution is -1.90. The third-order valence-electron chi connectivity index (χ3n) is 1.05. The van der Waals surface area contributed by atoms with Crippen molar-refractivity contribution < 1.29 is 13.6 Å². The van der Waals surface area contributed by atoms with Gasteiger partial charge in [-0.1, -0.05) is 6.07 Å². The molecule has 0 aliphatic carbocycles. The van der Waals surface area contributed by atoms with Gasteiger partial charge in [-0.3, -0.25) is 4.79 Å². The van der Waals surface area contributed by atoms with Crippen LogP contribution in [0.15, 0.2) is 12.1 Å². The maximum absolute atomic E-state index is 12.4. The average Bonchev–Trinajstić information content (AvgIpc) is 1.95. The van der Waals surface area contributed by atoms with Crippen molar-refractivity contribution in [3.8, 4) is 0 Å². The number of benzene rings is 1. The minimum atomic E-state index is -1.14. The highest BCUT2D eigenvalue weighted by Gasteiger charge is 2.04. The molecule has 0 bridgehead atoms. The molecular formula is C7H3F2O. The highest BCUT2D eigenvalue weighted by molar-refractivity contribution is 5.74. The predicted molar refractivity (Wildman–Crippen MR) is 30.6 cm³/mol. The zero-order chi connectivity index (χ0) is 7.56. The Balaban J connectivity index is 3.27. The molecular weight excluding hydrogens is 138 g/mol. The van der Waals surface area contributed by atoms with Crippen LogP contribution in [0.25, 0.3) is 0 Å². The van der Waals surface area contributed by atoms with Gasteiger partial charge in [-0.2, -0.15) is 0 Å². The van der Waals surface area contributed by atoms with Gasteiger partial charge >= 0.3 is 0 Å². The molecule has 1 aromatic rings. The van der Waals surface area contributed by atoms with E-state index in [-0.39, 0.29) is 11.8 Å². The van der Waals surface area contributed by atoms with Crippen molar-refractivity contribution in [2.75, 3.05) is 0 Å². The average molecular weight is 141 g/mol. The van der Waals surface area contributed by atoms with Gasteiger partial charge in [-0.05, 0) is 6.07 Å². The number of carbonyl (C=O) groups is 1. The SMILES string of the molecule is O=Cc1cc[c]c(F)c1F. The van der Waals surface area contributed by atoms with Crippen LogP contribution in [0.3, 0.4) is 0 Å². The van der Waals surface area contributed by atoms with Gasteiger partial charge in [-0.15, -0.1) is 0 Å². The van der Waals surface area contributed by atoms with Crippen LogP contribution in [0.1, 0.15) is 10.4 Å². The van der Waals surface area contributed by atoms with Crippen molar-refractivity contribution in [2.24, 2.45) is 0 Å². The molecule has 0 N–H and O–H groups in total. The standard InChI is InChI=1S/C7H3F2O/c8-6-3-1-2-5(4-10)7(6)9/h1-2,4H. The Labute approximate surface area is 56.3 Å². The van der Waals surface area contributed by atoms with Crippen LogP contribution < -0.4 is 0 Å². The molecule has 0 heterocycles. The van der Waals surface area contributed by atoms with E-state index >= 15 is 0 Å². The Hall–Kier alpha value is -1.25. The minimum Gasteiger partial charge on any atom is -0.298 e. The molecule has 0 saturated heterocycles. The Morgan fingerprint density at radius 3 is 2.70 bits per heavy atom. The van der Waals surface area contributed by atoms with Crippen LogP contribution in [0, 0.1) is 17.7 Å². The molecule has 1 radical (unpaired) electrons. The van der Waals surface area contributed by atoms with Gasteiger partial charge in [0, 0.05) is 6.07 Å². The van der Waals surface area contributed by atoms with E-state index in [4.69, 9.17) is 0 Å². The molecule has 0 saturated carbocycles. The molecule has 0 aliphatic rings. The smallest absolute Gasteiger partial charge is 0.169 e. The van der Waals surface area contributed by atoms with Crippen molar-refractivity contribution in [1.29, 1.82) is 0 Å². The third-order valence-corrected chi connectivity index (χ3v) is 1.05. The van der Waals surface area contributed by atoms with E-state index in [9.17, 15) is 13.6 Å². The number of aldehydes is 1. The van der Waals surface area contributed by atoms with E-state index in [1.807, 2.05) is 6.07 Å². The largest absolute Gasteiger partial charge is 0.298 e. The minimum absolute atomic E-state index is 0.256. The van der Waals surface area contributed by atoms with Crippen molar-refractivity contribution in [3.05, 3.63) is 35.4 Å². The predicted octanol–water partition coefficient (Wildman–Crippen LogP) is 1.58. The van der Waals surface area contributed by atoms with E-state index in [2.05, 4.69) is 0 Å². The lowest BCUT2D eigenvalue weighted by atomic mass is 10.2. The van der Waals surface area contributed by atoms with Gasteiger partial charge in [0.25, 0.3) is 0 Å². The van der Waals surface area contributed by atoms with E-state index in [0.717, 1.165) is 12.1 Å². The summed E-state index contributed by atoms with van der Waals surface area (Å²) >= 11 is 0. The molecule has 3 heteroatoms. The molecule has 0 spiro atoms. The molecule has 10 heavy (non-hydrogen) atoms. The molecule has 0 amide bonds. The van der Waals surface area contributed by atoms with Crippen LogP contribution >= 0.6 is 0 Å². The number of carbonyl (C=O) groups excluding carboxylic acids is 1. The van der Waals surface area contributed by atoms with Crippen molar-refractivity contribution >= 4 is 6.29 Å². The van der Waals surface area contributed by atoms with E-state index < -0.39 is 11.6 Å². The van der Waals surface area contributed by atoms with Crippen LogP contribution in [0.5, 0.6) is 0 Å². The first kappa shape index (κ1) is 6.86. The summed E-state index contributed by atoms with van der Waals surface area (Å²) in [7, 11) is 0. The van der Waals surface area contributed by atoms with Crippen LogP contribution in [-0.4, -0.2) is 6.29 Å². The Morgan fingerprint density at radius 1 is 1.50 bits per heavy atom. The number of rotatable bonds is 1. The number of halogens is 2. The second kappa shape index (κ2) is 2.56. The fraction of sp³-hybridized carbons (Fsp3) is 0. The van der Waals surface area contributed by atoms with Crippen molar-refractivity contribution in [1.82, 2.24) is 0 Å². The van der Waals surface area contributed by atoms with E-state index in [1.165, 1.54) is 0 Å². The second-order valence-electron chi connectivity index (χ2n) is 1.68. The summed E-state index contributed by atoms with van der Waals surface area (Å²) < 4.78 is 24.5. The summed E-state index contributed by atoms with van der Waals surface area (Å²) in [5.74, 6) is -2.26. The van der Waals surface area contributed by atoms with E-state index in [0.29, 0.717) is 0 Å². The van der Waals surface area contributed by atoms with Crippen molar-refractivity contribution in [2.45, 2.75) is 0 Å². The lowest BCUT2D eigenvalue weighted by molar-refractivity contribution is 0.111. The molecule has 0 fully saturated rings. The van der Waals surface area contributed by atoms with Crippen LogP contribution in [-0.2, 0) is 0 Å². The second-order valence-corrected chi connectivity index (χ2v) is 1.68.